The Hall–Kier alpha value is -0.870. The number of esters is 1. The number of hydrogen-bond donors (Lipinski definition) is 2. The van der Waals surface area contributed by atoms with E-state index in [4.69, 9.17) is 4.74 Å². The molecule has 0 saturated heterocycles. The van der Waals surface area contributed by atoms with Crippen molar-refractivity contribution in [3.05, 3.63) is 12.2 Å². The number of carbonyl (C=O) groups is 1. The second-order valence-electron chi connectivity index (χ2n) is 6.78. The Balaban J connectivity index is 2.44. The lowest BCUT2D eigenvalue weighted by Crippen LogP contribution is -2.24. The first kappa shape index (κ1) is 20.2. The normalized spacial score (nSPS) is 32.1. The van der Waals surface area contributed by atoms with Crippen LogP contribution in [0.5, 0.6) is 0 Å². The topological polar surface area (TPSA) is 66.8 Å². The van der Waals surface area contributed by atoms with Crippen LogP contribution in [0, 0.1) is 0 Å². The molecule has 3 atom stereocenters. The van der Waals surface area contributed by atoms with Gasteiger partial charge in [-0.1, -0.05) is 57.8 Å². The summed E-state index contributed by atoms with van der Waals surface area (Å²) in [7, 11) is 0. The van der Waals surface area contributed by atoms with Crippen molar-refractivity contribution < 1.29 is 19.7 Å². The summed E-state index contributed by atoms with van der Waals surface area (Å²) >= 11 is 0. The van der Waals surface area contributed by atoms with Crippen molar-refractivity contribution in [3.63, 3.8) is 0 Å². The molecule has 0 saturated carbocycles. The van der Waals surface area contributed by atoms with Gasteiger partial charge in [0.1, 0.15) is 0 Å². The first-order valence-electron chi connectivity index (χ1n) is 9.34. The Bertz CT molecular complexity index is 340. The zero-order valence-corrected chi connectivity index (χ0v) is 14.6. The van der Waals surface area contributed by atoms with Crippen LogP contribution in [0.25, 0.3) is 0 Å². The molecular weight excluding hydrogens is 292 g/mol. The average Bonchev–Trinajstić information content (AvgIpc) is 2.52. The Morgan fingerprint density at radius 2 is 1.35 bits per heavy atom. The fraction of sp³-hybridized carbons (Fsp3) is 0.842. The number of rotatable bonds is 0. The third-order valence-electron chi connectivity index (χ3n) is 4.50. The molecule has 0 unspecified atom stereocenters. The van der Waals surface area contributed by atoms with Gasteiger partial charge in [-0.15, -0.1) is 0 Å². The molecule has 1 aliphatic rings. The number of aliphatic hydroxyl groups is 2. The molecule has 1 rings (SSSR count). The largest absolute Gasteiger partial charge is 0.460 e. The van der Waals surface area contributed by atoms with Gasteiger partial charge in [0.2, 0.25) is 0 Å². The third kappa shape index (κ3) is 10.5. The van der Waals surface area contributed by atoms with Crippen molar-refractivity contribution in [1.82, 2.24) is 0 Å². The van der Waals surface area contributed by atoms with Gasteiger partial charge < -0.3 is 14.9 Å². The molecule has 0 fully saturated rings. The van der Waals surface area contributed by atoms with Gasteiger partial charge in [-0.25, -0.2) is 4.79 Å². The monoisotopic (exact) mass is 326 g/mol. The lowest BCUT2D eigenvalue weighted by atomic mass is 10.0. The molecule has 4 heteroatoms. The van der Waals surface area contributed by atoms with Crippen LogP contribution in [-0.2, 0) is 9.53 Å². The molecule has 0 aromatic heterocycles. The smallest absolute Gasteiger partial charge is 0.330 e. The molecule has 0 amide bonds. The molecule has 0 bridgehead atoms. The van der Waals surface area contributed by atoms with Crippen molar-refractivity contribution in [2.24, 2.45) is 0 Å². The summed E-state index contributed by atoms with van der Waals surface area (Å²) < 4.78 is 5.28. The lowest BCUT2D eigenvalue weighted by Gasteiger charge is -2.14. The summed E-state index contributed by atoms with van der Waals surface area (Å²) in [6.45, 7) is 1.90. The van der Waals surface area contributed by atoms with Gasteiger partial charge >= 0.3 is 5.97 Å². The predicted molar refractivity (Wildman–Crippen MR) is 92.1 cm³/mol. The van der Waals surface area contributed by atoms with Gasteiger partial charge in [0.15, 0.2) is 0 Å². The summed E-state index contributed by atoms with van der Waals surface area (Å²) in [6.07, 6.45) is 14.0. The second kappa shape index (κ2) is 12.5. The summed E-state index contributed by atoms with van der Waals surface area (Å²) in [5, 5.41) is 19.7. The first-order valence-corrected chi connectivity index (χ1v) is 9.34. The maximum atomic E-state index is 11.7. The number of ether oxygens (including phenoxy) is 1. The standard InChI is InChI=1S/C19H34O4/c1-16-12-10-8-6-4-2-3-5-7-9-11-13-17(20)18(21)14-15-19(22)23-16/h14-18,20-21H,2-13H2,1H3/b15-14+/t16-,17-,18+/m0/s1. The van der Waals surface area contributed by atoms with Crippen molar-refractivity contribution in [2.45, 2.75) is 102 Å². The maximum absolute atomic E-state index is 11.7. The van der Waals surface area contributed by atoms with E-state index in [1.807, 2.05) is 6.92 Å². The van der Waals surface area contributed by atoms with Crippen molar-refractivity contribution in [3.8, 4) is 0 Å². The minimum Gasteiger partial charge on any atom is -0.460 e. The summed E-state index contributed by atoms with van der Waals surface area (Å²) in [5.74, 6) is -0.443. The van der Waals surface area contributed by atoms with E-state index in [1.165, 1.54) is 57.1 Å². The zero-order valence-electron chi connectivity index (χ0n) is 14.6. The number of cyclic esters (lactones) is 1. The maximum Gasteiger partial charge on any atom is 0.330 e. The van der Waals surface area contributed by atoms with Crippen molar-refractivity contribution >= 4 is 5.97 Å². The van der Waals surface area contributed by atoms with Crippen molar-refractivity contribution in [2.75, 3.05) is 0 Å². The Labute approximate surface area is 140 Å². The Morgan fingerprint density at radius 3 is 1.91 bits per heavy atom. The molecule has 0 aromatic carbocycles. The van der Waals surface area contributed by atoms with Crippen LogP contribution in [-0.4, -0.2) is 34.5 Å². The van der Waals surface area contributed by atoms with Crippen LogP contribution >= 0.6 is 0 Å². The van der Waals surface area contributed by atoms with Gasteiger partial charge in [0.25, 0.3) is 0 Å². The van der Waals surface area contributed by atoms with Gasteiger partial charge in [-0.3, -0.25) is 0 Å². The first-order chi connectivity index (χ1) is 11.1. The molecule has 0 aromatic rings. The summed E-state index contributed by atoms with van der Waals surface area (Å²) in [4.78, 5) is 11.7. The highest BCUT2D eigenvalue weighted by atomic mass is 16.5. The van der Waals surface area contributed by atoms with E-state index in [0.29, 0.717) is 6.42 Å². The minimum atomic E-state index is -1.00. The molecule has 0 aliphatic carbocycles. The quantitative estimate of drug-likeness (QED) is 0.663. The molecule has 23 heavy (non-hydrogen) atoms. The van der Waals surface area contributed by atoms with Crippen LogP contribution in [0.2, 0.25) is 0 Å². The van der Waals surface area contributed by atoms with E-state index in [1.54, 1.807) is 0 Å². The Morgan fingerprint density at radius 1 is 0.870 bits per heavy atom. The number of carbonyl (C=O) groups excluding carboxylic acids is 1. The molecule has 0 radical (unpaired) electrons. The van der Waals surface area contributed by atoms with E-state index < -0.39 is 18.2 Å². The van der Waals surface area contributed by atoms with Gasteiger partial charge in [0.05, 0.1) is 18.3 Å². The van der Waals surface area contributed by atoms with E-state index >= 15 is 0 Å². The second-order valence-corrected chi connectivity index (χ2v) is 6.78. The summed E-state index contributed by atoms with van der Waals surface area (Å²) in [5.41, 5.74) is 0. The highest BCUT2D eigenvalue weighted by Gasteiger charge is 2.14. The molecule has 4 nitrogen and oxygen atoms in total. The van der Waals surface area contributed by atoms with Crippen LogP contribution in [0.3, 0.4) is 0 Å². The highest BCUT2D eigenvalue weighted by molar-refractivity contribution is 5.82. The van der Waals surface area contributed by atoms with Crippen LogP contribution in [0.1, 0.15) is 84.0 Å². The molecule has 1 aliphatic heterocycles. The van der Waals surface area contributed by atoms with Crippen LogP contribution in [0.4, 0.5) is 0 Å². The fourth-order valence-electron chi connectivity index (χ4n) is 2.97. The lowest BCUT2D eigenvalue weighted by molar-refractivity contribution is -0.142. The van der Waals surface area contributed by atoms with Gasteiger partial charge in [-0.2, -0.15) is 0 Å². The van der Waals surface area contributed by atoms with Gasteiger partial charge in [-0.05, 0) is 32.3 Å². The highest BCUT2D eigenvalue weighted by Crippen LogP contribution is 2.15. The fourth-order valence-corrected chi connectivity index (χ4v) is 2.97. The van der Waals surface area contributed by atoms with Crippen molar-refractivity contribution in [1.29, 1.82) is 0 Å². The third-order valence-corrected chi connectivity index (χ3v) is 4.50. The summed E-state index contributed by atoms with van der Waals surface area (Å²) in [6, 6.07) is 0. The van der Waals surface area contributed by atoms with E-state index in [2.05, 4.69) is 0 Å². The Kier molecular flexibility index (Phi) is 11.0. The zero-order chi connectivity index (χ0) is 16.9. The molecular formula is C19H34O4. The van der Waals surface area contributed by atoms with E-state index in [-0.39, 0.29) is 6.10 Å². The number of hydrogen-bond acceptors (Lipinski definition) is 4. The van der Waals surface area contributed by atoms with Crippen LogP contribution < -0.4 is 0 Å². The molecule has 2 N–H and O–H groups in total. The van der Waals surface area contributed by atoms with E-state index in [0.717, 1.165) is 25.7 Å². The van der Waals surface area contributed by atoms with E-state index in [9.17, 15) is 15.0 Å². The average molecular weight is 326 g/mol. The minimum absolute atomic E-state index is 0.101. The SMILES string of the molecule is C[C@H]1CCCCCCCCCCCC[C@H](O)[C@H](O)/C=C/C(=O)O1. The predicted octanol–water partition coefficient (Wildman–Crippen LogP) is 3.89. The molecule has 1 heterocycles. The molecule has 134 valence electrons. The number of aliphatic hydroxyl groups excluding tert-OH is 2. The van der Waals surface area contributed by atoms with Gasteiger partial charge in [0, 0.05) is 6.08 Å². The van der Waals surface area contributed by atoms with Crippen LogP contribution in [0.15, 0.2) is 12.2 Å². The molecule has 0 spiro atoms.